The second-order valence-electron chi connectivity index (χ2n) is 3.94. The molecule has 0 bridgehead atoms. The Balaban J connectivity index is 2.26. The van der Waals surface area contributed by atoms with Gasteiger partial charge in [0, 0.05) is 23.9 Å². The summed E-state index contributed by atoms with van der Waals surface area (Å²) < 4.78 is 2.12. The Morgan fingerprint density at radius 2 is 2.46 bits per heavy atom. The lowest BCUT2D eigenvalue weighted by atomic mass is 10.0. The smallest absolute Gasteiger partial charge is 0.0808 e. The third-order valence-electron chi connectivity index (χ3n) is 2.46. The van der Waals surface area contributed by atoms with Gasteiger partial charge in [0.2, 0.25) is 0 Å². The van der Waals surface area contributed by atoms with Gasteiger partial charge in [-0.05, 0) is 19.9 Å². The van der Waals surface area contributed by atoms with Crippen molar-refractivity contribution < 1.29 is 0 Å². The van der Waals surface area contributed by atoms with Gasteiger partial charge < -0.3 is 0 Å². The van der Waals surface area contributed by atoms with Crippen LogP contribution < -0.4 is 5.32 Å². The molecule has 1 aliphatic rings. The summed E-state index contributed by atoms with van der Waals surface area (Å²) in [6.07, 6.45) is 2.00. The number of nitrogens with one attached hydrogen (secondary N) is 1. The van der Waals surface area contributed by atoms with E-state index in [2.05, 4.69) is 30.3 Å². The molecule has 0 radical (unpaired) electrons. The second kappa shape index (κ2) is 3.03. The van der Waals surface area contributed by atoms with Gasteiger partial charge in [0.05, 0.1) is 11.7 Å². The molecule has 1 atom stereocenters. The summed E-state index contributed by atoms with van der Waals surface area (Å²) in [5, 5.41) is 7.89. The summed E-state index contributed by atoms with van der Waals surface area (Å²) >= 11 is 1.95. The first-order chi connectivity index (χ1) is 6.09. The average Bonchev–Trinajstić information content (AvgIpc) is 2.56. The second-order valence-corrected chi connectivity index (χ2v) is 5.57. The molecule has 4 heteroatoms. The minimum absolute atomic E-state index is 0.258. The topological polar surface area (TPSA) is 29.9 Å². The summed E-state index contributed by atoms with van der Waals surface area (Å²) in [6.45, 7) is 4.52. The number of aryl methyl sites for hydroxylation is 1. The molecular weight excluding hydrogens is 182 g/mol. The maximum absolute atomic E-state index is 4.43. The Morgan fingerprint density at radius 1 is 1.69 bits per heavy atom. The predicted octanol–water partition coefficient (Wildman–Crippen LogP) is 1.53. The number of aromatic nitrogens is 2. The zero-order chi connectivity index (χ0) is 9.47. The Kier molecular flexibility index (Phi) is 2.12. The van der Waals surface area contributed by atoms with Crippen LogP contribution in [0.15, 0.2) is 12.3 Å². The van der Waals surface area contributed by atoms with E-state index >= 15 is 0 Å². The van der Waals surface area contributed by atoms with Gasteiger partial charge >= 0.3 is 0 Å². The molecule has 1 fully saturated rings. The Morgan fingerprint density at radius 3 is 2.92 bits per heavy atom. The van der Waals surface area contributed by atoms with E-state index in [1.54, 1.807) is 0 Å². The summed E-state index contributed by atoms with van der Waals surface area (Å²) in [5.74, 6) is 1.02. The van der Waals surface area contributed by atoms with E-state index in [9.17, 15) is 0 Å². The molecule has 1 unspecified atom stereocenters. The molecule has 0 saturated carbocycles. The first kappa shape index (κ1) is 9.09. The quantitative estimate of drug-likeness (QED) is 0.740. The van der Waals surface area contributed by atoms with E-state index in [-0.39, 0.29) is 4.75 Å². The molecule has 1 aromatic heterocycles. The largest absolute Gasteiger partial charge is 0.298 e. The number of rotatable bonds is 1. The van der Waals surface area contributed by atoms with Crippen LogP contribution in [0.4, 0.5) is 0 Å². The lowest BCUT2D eigenvalue weighted by molar-refractivity contribution is 0.489. The van der Waals surface area contributed by atoms with Crippen molar-refractivity contribution in [1.29, 1.82) is 0 Å². The first-order valence-corrected chi connectivity index (χ1v) is 5.45. The minimum atomic E-state index is 0.258. The molecule has 0 amide bonds. The van der Waals surface area contributed by atoms with Crippen molar-refractivity contribution >= 4 is 11.8 Å². The van der Waals surface area contributed by atoms with Crippen LogP contribution in [0.5, 0.6) is 0 Å². The third-order valence-corrected chi connectivity index (χ3v) is 3.75. The zero-order valence-electron chi connectivity index (χ0n) is 8.24. The summed E-state index contributed by atoms with van der Waals surface area (Å²) in [7, 11) is 1.96. The molecule has 0 aliphatic carbocycles. The number of thioether (sulfide) groups is 1. The van der Waals surface area contributed by atoms with Crippen molar-refractivity contribution in [1.82, 2.24) is 15.1 Å². The Labute approximate surface area is 82.9 Å². The van der Waals surface area contributed by atoms with Crippen LogP contribution in [-0.4, -0.2) is 20.4 Å². The van der Waals surface area contributed by atoms with Crippen molar-refractivity contribution in [2.75, 3.05) is 5.88 Å². The van der Waals surface area contributed by atoms with Crippen LogP contribution >= 0.6 is 11.8 Å². The monoisotopic (exact) mass is 197 g/mol. The maximum Gasteiger partial charge on any atom is 0.0808 e. The van der Waals surface area contributed by atoms with Gasteiger partial charge in [0.1, 0.15) is 0 Å². The van der Waals surface area contributed by atoms with E-state index in [0.29, 0.717) is 6.04 Å². The fraction of sp³-hybridized carbons (Fsp3) is 0.667. The summed E-state index contributed by atoms with van der Waals surface area (Å²) in [4.78, 5) is 0. The molecule has 1 N–H and O–H groups in total. The molecular formula is C9H15N3S. The molecule has 1 aromatic rings. The van der Waals surface area contributed by atoms with E-state index in [1.165, 1.54) is 0 Å². The molecule has 2 rings (SSSR count). The standard InChI is InChI=1S/C9H15N3S/c1-9(2)8(10-6-13-9)7-4-5-12(3)11-7/h4-5,8,10H,6H2,1-3H3. The van der Waals surface area contributed by atoms with E-state index in [1.807, 2.05) is 29.7 Å². The van der Waals surface area contributed by atoms with Crippen LogP contribution in [0, 0.1) is 0 Å². The van der Waals surface area contributed by atoms with Crippen molar-refractivity contribution in [3.63, 3.8) is 0 Å². The highest BCUT2D eigenvalue weighted by molar-refractivity contribution is 8.00. The van der Waals surface area contributed by atoms with Crippen molar-refractivity contribution in [3.05, 3.63) is 18.0 Å². The third kappa shape index (κ3) is 1.60. The van der Waals surface area contributed by atoms with E-state index in [0.717, 1.165) is 11.6 Å². The molecule has 1 aliphatic heterocycles. The zero-order valence-corrected chi connectivity index (χ0v) is 9.06. The predicted molar refractivity (Wildman–Crippen MR) is 55.6 cm³/mol. The normalized spacial score (nSPS) is 26.5. The highest BCUT2D eigenvalue weighted by Crippen LogP contribution is 2.41. The highest BCUT2D eigenvalue weighted by Gasteiger charge is 2.37. The van der Waals surface area contributed by atoms with Crippen molar-refractivity contribution in [2.24, 2.45) is 7.05 Å². The molecule has 3 nitrogen and oxygen atoms in total. The SMILES string of the molecule is Cn1ccc(C2NCSC2(C)C)n1. The molecule has 2 heterocycles. The van der Waals surface area contributed by atoms with E-state index < -0.39 is 0 Å². The van der Waals surface area contributed by atoms with Gasteiger partial charge in [-0.25, -0.2) is 0 Å². The molecule has 13 heavy (non-hydrogen) atoms. The molecule has 0 spiro atoms. The molecule has 0 aromatic carbocycles. The first-order valence-electron chi connectivity index (χ1n) is 4.46. The lowest BCUT2D eigenvalue weighted by Crippen LogP contribution is -2.28. The number of hydrogen-bond acceptors (Lipinski definition) is 3. The summed E-state index contributed by atoms with van der Waals surface area (Å²) in [5.41, 5.74) is 1.15. The summed E-state index contributed by atoms with van der Waals surface area (Å²) in [6, 6.07) is 2.48. The average molecular weight is 197 g/mol. The van der Waals surface area contributed by atoms with Gasteiger partial charge in [0.25, 0.3) is 0 Å². The fourth-order valence-electron chi connectivity index (χ4n) is 1.69. The molecule has 72 valence electrons. The van der Waals surface area contributed by atoms with Gasteiger partial charge in [-0.2, -0.15) is 5.10 Å². The van der Waals surface area contributed by atoms with Gasteiger partial charge in [-0.1, -0.05) is 0 Å². The van der Waals surface area contributed by atoms with Crippen LogP contribution in [0.3, 0.4) is 0 Å². The van der Waals surface area contributed by atoms with Crippen LogP contribution in [0.25, 0.3) is 0 Å². The lowest BCUT2D eigenvalue weighted by Gasteiger charge is -2.23. The Bertz CT molecular complexity index is 306. The van der Waals surface area contributed by atoms with Crippen LogP contribution in [0.2, 0.25) is 0 Å². The van der Waals surface area contributed by atoms with Gasteiger partial charge in [-0.3, -0.25) is 10.00 Å². The van der Waals surface area contributed by atoms with Crippen LogP contribution in [-0.2, 0) is 7.05 Å². The fourth-order valence-corrected chi connectivity index (χ4v) is 2.68. The Hall–Kier alpha value is -0.480. The van der Waals surface area contributed by atoms with Gasteiger partial charge in [0.15, 0.2) is 0 Å². The van der Waals surface area contributed by atoms with Gasteiger partial charge in [-0.15, -0.1) is 11.8 Å². The highest BCUT2D eigenvalue weighted by atomic mass is 32.2. The maximum atomic E-state index is 4.43. The van der Waals surface area contributed by atoms with Crippen LogP contribution in [0.1, 0.15) is 25.6 Å². The number of hydrogen-bond donors (Lipinski definition) is 1. The van der Waals surface area contributed by atoms with Crippen molar-refractivity contribution in [2.45, 2.75) is 24.6 Å². The van der Waals surface area contributed by atoms with Crippen molar-refractivity contribution in [3.8, 4) is 0 Å². The van der Waals surface area contributed by atoms with E-state index in [4.69, 9.17) is 0 Å². The minimum Gasteiger partial charge on any atom is -0.298 e. The number of nitrogens with zero attached hydrogens (tertiary/aromatic N) is 2. The molecule has 1 saturated heterocycles.